The summed E-state index contributed by atoms with van der Waals surface area (Å²) in [5, 5.41) is 4.34. The van der Waals surface area contributed by atoms with Crippen molar-refractivity contribution in [2.45, 2.75) is 6.04 Å². The molecular weight excluding hydrogens is 230 g/mol. The van der Waals surface area contributed by atoms with Crippen LogP contribution >= 0.6 is 0 Å². The van der Waals surface area contributed by atoms with Crippen molar-refractivity contribution in [2.75, 3.05) is 14.2 Å². The van der Waals surface area contributed by atoms with Crippen LogP contribution in [0.2, 0.25) is 0 Å². The van der Waals surface area contributed by atoms with Crippen molar-refractivity contribution in [3.05, 3.63) is 41.6 Å². The molecular formula is C13H17N3O2. The number of rotatable bonds is 4. The predicted octanol–water partition coefficient (Wildman–Crippen LogP) is 1.49. The van der Waals surface area contributed by atoms with E-state index in [4.69, 9.17) is 15.2 Å². The molecule has 0 aliphatic rings. The summed E-state index contributed by atoms with van der Waals surface area (Å²) >= 11 is 0. The van der Waals surface area contributed by atoms with Gasteiger partial charge < -0.3 is 15.2 Å². The van der Waals surface area contributed by atoms with Gasteiger partial charge in [0.05, 0.1) is 26.0 Å². The molecule has 2 N–H and O–H groups in total. The third-order valence-corrected chi connectivity index (χ3v) is 2.84. The number of benzene rings is 1. The molecule has 18 heavy (non-hydrogen) atoms. The molecule has 0 amide bonds. The molecule has 0 saturated carbocycles. The van der Waals surface area contributed by atoms with Gasteiger partial charge in [0.2, 0.25) is 5.88 Å². The maximum absolute atomic E-state index is 6.19. The van der Waals surface area contributed by atoms with Crippen LogP contribution in [0.25, 0.3) is 0 Å². The SMILES string of the molecule is COc1cccc(C(N)c2cc(OC)n(C)n2)c1. The van der Waals surface area contributed by atoms with E-state index in [9.17, 15) is 0 Å². The van der Waals surface area contributed by atoms with Crippen LogP contribution in [0.5, 0.6) is 11.6 Å². The smallest absolute Gasteiger partial charge is 0.211 e. The Morgan fingerprint density at radius 1 is 1.22 bits per heavy atom. The summed E-state index contributed by atoms with van der Waals surface area (Å²) in [6.45, 7) is 0. The first kappa shape index (κ1) is 12.4. The molecule has 2 aromatic rings. The minimum atomic E-state index is -0.296. The van der Waals surface area contributed by atoms with Gasteiger partial charge in [0, 0.05) is 13.1 Å². The quantitative estimate of drug-likeness (QED) is 0.889. The molecule has 0 radical (unpaired) electrons. The normalized spacial score (nSPS) is 12.2. The second-order valence-electron chi connectivity index (χ2n) is 3.99. The number of methoxy groups -OCH3 is 2. The van der Waals surface area contributed by atoms with Crippen molar-refractivity contribution in [3.8, 4) is 11.6 Å². The Hall–Kier alpha value is -2.01. The van der Waals surface area contributed by atoms with Gasteiger partial charge in [0.1, 0.15) is 5.75 Å². The summed E-state index contributed by atoms with van der Waals surface area (Å²) < 4.78 is 12.0. The summed E-state index contributed by atoms with van der Waals surface area (Å²) in [4.78, 5) is 0. The van der Waals surface area contributed by atoms with Gasteiger partial charge in [0.15, 0.2) is 0 Å². The molecule has 1 atom stereocenters. The zero-order chi connectivity index (χ0) is 13.1. The largest absolute Gasteiger partial charge is 0.497 e. The number of ether oxygens (including phenoxy) is 2. The Kier molecular flexibility index (Phi) is 3.53. The number of nitrogens with zero attached hydrogens (tertiary/aromatic N) is 2. The average molecular weight is 247 g/mol. The first-order valence-corrected chi connectivity index (χ1v) is 5.63. The molecule has 1 unspecified atom stereocenters. The van der Waals surface area contributed by atoms with E-state index in [2.05, 4.69) is 5.10 Å². The molecule has 0 aliphatic carbocycles. The topological polar surface area (TPSA) is 62.3 Å². The average Bonchev–Trinajstić information content (AvgIpc) is 2.79. The molecule has 5 nitrogen and oxygen atoms in total. The number of nitrogens with two attached hydrogens (primary N) is 1. The molecule has 2 rings (SSSR count). The van der Waals surface area contributed by atoms with Crippen molar-refractivity contribution in [2.24, 2.45) is 12.8 Å². The molecule has 1 aromatic heterocycles. The van der Waals surface area contributed by atoms with Gasteiger partial charge in [-0.2, -0.15) is 5.10 Å². The van der Waals surface area contributed by atoms with E-state index in [1.54, 1.807) is 18.9 Å². The van der Waals surface area contributed by atoms with Crippen molar-refractivity contribution in [1.29, 1.82) is 0 Å². The fourth-order valence-corrected chi connectivity index (χ4v) is 1.82. The monoisotopic (exact) mass is 247 g/mol. The number of aromatic nitrogens is 2. The first-order valence-electron chi connectivity index (χ1n) is 5.63. The predicted molar refractivity (Wildman–Crippen MR) is 68.8 cm³/mol. The summed E-state index contributed by atoms with van der Waals surface area (Å²) in [5.41, 5.74) is 7.91. The van der Waals surface area contributed by atoms with Gasteiger partial charge in [-0.25, -0.2) is 4.68 Å². The lowest BCUT2D eigenvalue weighted by molar-refractivity contribution is 0.373. The Morgan fingerprint density at radius 3 is 2.61 bits per heavy atom. The zero-order valence-electron chi connectivity index (χ0n) is 10.8. The summed E-state index contributed by atoms with van der Waals surface area (Å²) in [6, 6.07) is 9.20. The van der Waals surface area contributed by atoms with Gasteiger partial charge >= 0.3 is 0 Å². The Balaban J connectivity index is 2.31. The minimum Gasteiger partial charge on any atom is -0.497 e. The molecule has 96 valence electrons. The third kappa shape index (κ3) is 2.31. The standard InChI is InChI=1S/C13H17N3O2/c1-16-12(18-3)8-11(15-16)13(14)9-5-4-6-10(7-9)17-2/h4-8,13H,14H2,1-3H3. The van der Waals surface area contributed by atoms with Crippen LogP contribution in [0.15, 0.2) is 30.3 Å². The van der Waals surface area contributed by atoms with Crippen LogP contribution in [0.3, 0.4) is 0 Å². The molecule has 1 heterocycles. The van der Waals surface area contributed by atoms with Crippen molar-refractivity contribution >= 4 is 0 Å². The van der Waals surface area contributed by atoms with Gasteiger partial charge in [-0.05, 0) is 17.7 Å². The van der Waals surface area contributed by atoms with E-state index in [1.807, 2.05) is 37.4 Å². The third-order valence-electron chi connectivity index (χ3n) is 2.84. The summed E-state index contributed by atoms with van der Waals surface area (Å²) in [5.74, 6) is 1.47. The van der Waals surface area contributed by atoms with E-state index in [0.717, 1.165) is 17.0 Å². The molecule has 0 fully saturated rings. The van der Waals surface area contributed by atoms with Crippen LogP contribution < -0.4 is 15.2 Å². The van der Waals surface area contributed by atoms with Crippen molar-refractivity contribution in [1.82, 2.24) is 9.78 Å². The fourth-order valence-electron chi connectivity index (χ4n) is 1.82. The van der Waals surface area contributed by atoms with Gasteiger partial charge in [-0.3, -0.25) is 0 Å². The maximum atomic E-state index is 6.19. The number of aryl methyl sites for hydroxylation is 1. The highest BCUT2D eigenvalue weighted by Gasteiger charge is 2.15. The van der Waals surface area contributed by atoms with Crippen LogP contribution in [0.1, 0.15) is 17.3 Å². The van der Waals surface area contributed by atoms with Crippen LogP contribution in [-0.2, 0) is 7.05 Å². The van der Waals surface area contributed by atoms with Gasteiger partial charge in [-0.15, -0.1) is 0 Å². The Bertz CT molecular complexity index is 537. The second kappa shape index (κ2) is 5.10. The molecule has 0 spiro atoms. The lowest BCUT2D eigenvalue weighted by atomic mass is 10.0. The number of hydrogen-bond acceptors (Lipinski definition) is 4. The highest BCUT2D eigenvalue weighted by atomic mass is 16.5. The second-order valence-corrected chi connectivity index (χ2v) is 3.99. The molecule has 0 aliphatic heterocycles. The van der Waals surface area contributed by atoms with Crippen LogP contribution in [0, 0.1) is 0 Å². The van der Waals surface area contributed by atoms with Crippen molar-refractivity contribution in [3.63, 3.8) is 0 Å². The lowest BCUT2D eigenvalue weighted by Crippen LogP contribution is -2.13. The minimum absolute atomic E-state index is 0.296. The lowest BCUT2D eigenvalue weighted by Gasteiger charge is -2.10. The van der Waals surface area contributed by atoms with E-state index < -0.39 is 0 Å². The first-order chi connectivity index (χ1) is 8.65. The zero-order valence-corrected chi connectivity index (χ0v) is 10.8. The van der Waals surface area contributed by atoms with E-state index in [1.165, 1.54) is 0 Å². The summed E-state index contributed by atoms with van der Waals surface area (Å²) in [6.07, 6.45) is 0. The maximum Gasteiger partial charge on any atom is 0.211 e. The Labute approximate surface area is 106 Å². The highest BCUT2D eigenvalue weighted by Crippen LogP contribution is 2.24. The van der Waals surface area contributed by atoms with E-state index in [0.29, 0.717) is 5.88 Å². The van der Waals surface area contributed by atoms with Crippen LogP contribution in [-0.4, -0.2) is 24.0 Å². The van der Waals surface area contributed by atoms with Crippen LogP contribution in [0.4, 0.5) is 0 Å². The molecule has 0 saturated heterocycles. The van der Waals surface area contributed by atoms with Crippen molar-refractivity contribution < 1.29 is 9.47 Å². The van der Waals surface area contributed by atoms with E-state index in [-0.39, 0.29) is 6.04 Å². The van der Waals surface area contributed by atoms with E-state index >= 15 is 0 Å². The molecule has 0 bridgehead atoms. The summed E-state index contributed by atoms with van der Waals surface area (Å²) in [7, 11) is 5.06. The van der Waals surface area contributed by atoms with Gasteiger partial charge in [0.25, 0.3) is 0 Å². The number of hydrogen-bond donors (Lipinski definition) is 1. The fraction of sp³-hybridized carbons (Fsp3) is 0.308. The molecule has 1 aromatic carbocycles. The highest BCUT2D eigenvalue weighted by molar-refractivity contribution is 5.35. The van der Waals surface area contributed by atoms with Gasteiger partial charge in [-0.1, -0.05) is 12.1 Å². The molecule has 5 heteroatoms. The Morgan fingerprint density at radius 2 is 2.00 bits per heavy atom.